The molecule has 0 aliphatic heterocycles. The fraction of sp³-hybridized carbons (Fsp3) is 0.176. The van der Waals surface area contributed by atoms with Gasteiger partial charge in [-0.05, 0) is 17.7 Å². The highest BCUT2D eigenvalue weighted by Crippen LogP contribution is 2.24. The fourth-order valence-corrected chi connectivity index (χ4v) is 2.42. The number of carbonyl (C=O) groups is 2. The minimum Gasteiger partial charge on any atom is -0.349 e. The molecular formula is C17H15N3O6. The van der Waals surface area contributed by atoms with Crippen LogP contribution in [0.3, 0.4) is 0 Å². The highest BCUT2D eigenvalue weighted by atomic mass is 16.6. The minimum atomic E-state index is -0.755. The average molecular weight is 357 g/mol. The zero-order chi connectivity index (χ0) is 19.3. The average Bonchev–Trinajstić information content (AvgIpc) is 2.60. The van der Waals surface area contributed by atoms with Crippen LogP contribution in [0.15, 0.2) is 48.5 Å². The van der Waals surface area contributed by atoms with Crippen molar-refractivity contribution in [1.29, 1.82) is 0 Å². The number of nitrogens with zero attached hydrogens (tertiary/aromatic N) is 2. The molecule has 9 nitrogen and oxygen atoms in total. The number of nitrogens with one attached hydrogen (secondary N) is 1. The van der Waals surface area contributed by atoms with Crippen LogP contribution in [0.2, 0.25) is 0 Å². The monoisotopic (exact) mass is 357 g/mol. The summed E-state index contributed by atoms with van der Waals surface area (Å²) in [5, 5.41) is 24.2. The fourth-order valence-electron chi connectivity index (χ4n) is 2.42. The molecule has 0 spiro atoms. The first-order valence-electron chi connectivity index (χ1n) is 7.57. The SMILES string of the molecule is CC(=O)NC(CC(=O)c1ccc([N+](=O)[O-])cc1)c1cccc([N+](=O)[O-])c1. The number of ketones is 1. The Morgan fingerprint density at radius 3 is 2.15 bits per heavy atom. The summed E-state index contributed by atoms with van der Waals surface area (Å²) in [6.45, 7) is 1.28. The van der Waals surface area contributed by atoms with E-state index in [-0.39, 0.29) is 29.1 Å². The molecule has 1 atom stereocenters. The number of nitro groups is 2. The maximum absolute atomic E-state index is 12.5. The third-order valence-corrected chi connectivity index (χ3v) is 3.65. The van der Waals surface area contributed by atoms with E-state index in [2.05, 4.69) is 5.32 Å². The standard InChI is InChI=1S/C17H15N3O6/c1-11(21)18-16(13-3-2-4-15(9-13)20(25)26)10-17(22)12-5-7-14(8-6-12)19(23)24/h2-9,16H,10H2,1H3,(H,18,21). The van der Waals surface area contributed by atoms with Crippen molar-refractivity contribution in [3.8, 4) is 0 Å². The Morgan fingerprint density at radius 1 is 1.00 bits per heavy atom. The second-order valence-corrected chi connectivity index (χ2v) is 5.54. The first-order chi connectivity index (χ1) is 12.3. The third kappa shape index (κ3) is 4.69. The number of rotatable bonds is 7. The number of carbonyl (C=O) groups excluding carboxylic acids is 2. The van der Waals surface area contributed by atoms with Crippen LogP contribution in [0.5, 0.6) is 0 Å². The Hall–Kier alpha value is -3.62. The first kappa shape index (κ1) is 18.7. The Kier molecular flexibility index (Phi) is 5.74. The molecule has 0 bridgehead atoms. The van der Waals surface area contributed by atoms with E-state index in [0.29, 0.717) is 5.56 Å². The zero-order valence-electron chi connectivity index (χ0n) is 13.7. The highest BCUT2D eigenvalue weighted by molar-refractivity contribution is 5.97. The van der Waals surface area contributed by atoms with E-state index in [1.807, 2.05) is 0 Å². The van der Waals surface area contributed by atoms with Crippen LogP contribution in [0, 0.1) is 20.2 Å². The number of hydrogen-bond donors (Lipinski definition) is 1. The summed E-state index contributed by atoms with van der Waals surface area (Å²) in [4.78, 5) is 44.4. The molecule has 1 amide bonds. The normalized spacial score (nSPS) is 11.4. The van der Waals surface area contributed by atoms with E-state index in [1.54, 1.807) is 6.07 Å². The molecule has 1 unspecified atom stereocenters. The molecule has 134 valence electrons. The number of hydrogen-bond acceptors (Lipinski definition) is 6. The van der Waals surface area contributed by atoms with Crippen molar-refractivity contribution in [1.82, 2.24) is 5.32 Å². The van der Waals surface area contributed by atoms with Crippen molar-refractivity contribution in [2.75, 3.05) is 0 Å². The van der Waals surface area contributed by atoms with Gasteiger partial charge in [-0.25, -0.2) is 0 Å². The number of benzene rings is 2. The van der Waals surface area contributed by atoms with E-state index in [9.17, 15) is 29.8 Å². The molecule has 0 saturated carbocycles. The van der Waals surface area contributed by atoms with Gasteiger partial charge in [-0.3, -0.25) is 29.8 Å². The van der Waals surface area contributed by atoms with Gasteiger partial charge >= 0.3 is 0 Å². The van der Waals surface area contributed by atoms with Crippen LogP contribution in [0.4, 0.5) is 11.4 Å². The van der Waals surface area contributed by atoms with Crippen molar-refractivity contribution in [3.63, 3.8) is 0 Å². The quantitative estimate of drug-likeness (QED) is 0.460. The third-order valence-electron chi connectivity index (χ3n) is 3.65. The molecule has 0 aromatic heterocycles. The molecule has 0 saturated heterocycles. The van der Waals surface area contributed by atoms with Crippen LogP contribution >= 0.6 is 0 Å². The lowest BCUT2D eigenvalue weighted by Crippen LogP contribution is -2.28. The number of nitro benzene ring substituents is 2. The predicted octanol–water partition coefficient (Wildman–Crippen LogP) is 2.95. The van der Waals surface area contributed by atoms with Crippen LogP contribution < -0.4 is 5.32 Å². The molecule has 2 aromatic rings. The Bertz CT molecular complexity index is 863. The van der Waals surface area contributed by atoms with E-state index in [0.717, 1.165) is 0 Å². The van der Waals surface area contributed by atoms with E-state index in [1.165, 1.54) is 49.4 Å². The smallest absolute Gasteiger partial charge is 0.269 e. The number of non-ortho nitro benzene ring substituents is 2. The lowest BCUT2D eigenvalue weighted by Gasteiger charge is -2.17. The number of amides is 1. The summed E-state index contributed by atoms with van der Waals surface area (Å²) in [5.41, 5.74) is 0.375. The van der Waals surface area contributed by atoms with E-state index >= 15 is 0 Å². The van der Waals surface area contributed by atoms with Gasteiger partial charge in [-0.1, -0.05) is 12.1 Å². The first-order valence-corrected chi connectivity index (χ1v) is 7.57. The predicted molar refractivity (Wildman–Crippen MR) is 91.7 cm³/mol. The number of Topliss-reactive ketones (excluding diaryl/α,β-unsaturated/α-hetero) is 1. The van der Waals surface area contributed by atoms with Gasteiger partial charge in [0.1, 0.15) is 0 Å². The van der Waals surface area contributed by atoms with Crippen LogP contribution in [0.25, 0.3) is 0 Å². The van der Waals surface area contributed by atoms with Crippen molar-refractivity contribution in [2.45, 2.75) is 19.4 Å². The molecule has 26 heavy (non-hydrogen) atoms. The molecule has 0 aliphatic rings. The van der Waals surface area contributed by atoms with Gasteiger partial charge < -0.3 is 5.32 Å². The van der Waals surface area contributed by atoms with E-state index < -0.39 is 21.8 Å². The van der Waals surface area contributed by atoms with Crippen LogP contribution in [0.1, 0.15) is 35.3 Å². The van der Waals surface area contributed by atoms with Gasteiger partial charge in [0.05, 0.1) is 15.9 Å². The molecule has 9 heteroatoms. The second-order valence-electron chi connectivity index (χ2n) is 5.54. The second kappa shape index (κ2) is 7.97. The molecule has 2 rings (SSSR count). The van der Waals surface area contributed by atoms with Gasteiger partial charge in [0.15, 0.2) is 5.78 Å². The van der Waals surface area contributed by atoms with Gasteiger partial charge in [-0.2, -0.15) is 0 Å². The minimum absolute atomic E-state index is 0.140. The largest absolute Gasteiger partial charge is 0.349 e. The summed E-state index contributed by atoms with van der Waals surface area (Å²) >= 11 is 0. The summed E-state index contributed by atoms with van der Waals surface area (Å²) < 4.78 is 0. The molecule has 0 radical (unpaired) electrons. The molecule has 0 aliphatic carbocycles. The molecular weight excluding hydrogens is 342 g/mol. The van der Waals surface area contributed by atoms with Crippen LogP contribution in [-0.2, 0) is 4.79 Å². The zero-order valence-corrected chi connectivity index (χ0v) is 13.7. The lowest BCUT2D eigenvalue weighted by molar-refractivity contribution is -0.385. The Morgan fingerprint density at radius 2 is 1.62 bits per heavy atom. The van der Waals surface area contributed by atoms with Crippen molar-refractivity contribution < 1.29 is 19.4 Å². The van der Waals surface area contributed by atoms with E-state index in [4.69, 9.17) is 0 Å². The molecule has 1 N–H and O–H groups in total. The summed E-state index contributed by atoms with van der Waals surface area (Å²) in [5.74, 6) is -0.747. The molecule has 2 aromatic carbocycles. The summed E-state index contributed by atoms with van der Waals surface area (Å²) in [6.07, 6.45) is -0.140. The molecule has 0 heterocycles. The van der Waals surface area contributed by atoms with Gasteiger partial charge in [0.25, 0.3) is 11.4 Å². The Labute approximate surface area is 147 Å². The summed E-state index contributed by atoms with van der Waals surface area (Å²) in [6, 6.07) is 10.0. The Balaban J connectivity index is 2.25. The maximum atomic E-state index is 12.5. The van der Waals surface area contributed by atoms with Gasteiger partial charge in [0, 0.05) is 43.2 Å². The molecule has 0 fully saturated rings. The highest BCUT2D eigenvalue weighted by Gasteiger charge is 2.20. The maximum Gasteiger partial charge on any atom is 0.269 e. The lowest BCUT2D eigenvalue weighted by atomic mass is 9.97. The van der Waals surface area contributed by atoms with Gasteiger partial charge in [-0.15, -0.1) is 0 Å². The topological polar surface area (TPSA) is 132 Å². The van der Waals surface area contributed by atoms with Crippen molar-refractivity contribution in [2.24, 2.45) is 0 Å². The van der Waals surface area contributed by atoms with Crippen molar-refractivity contribution >= 4 is 23.1 Å². The van der Waals surface area contributed by atoms with Crippen LogP contribution in [-0.4, -0.2) is 21.5 Å². The summed E-state index contributed by atoms with van der Waals surface area (Å²) in [7, 11) is 0. The van der Waals surface area contributed by atoms with Gasteiger partial charge in [0.2, 0.25) is 5.91 Å². The van der Waals surface area contributed by atoms with Crippen molar-refractivity contribution in [3.05, 3.63) is 79.9 Å².